The maximum atomic E-state index is 6.06. The maximum Gasteiger partial charge on any atom is 0.0460 e. The van der Waals surface area contributed by atoms with E-state index in [1.54, 1.807) is 0 Å². The molecule has 0 aliphatic heterocycles. The van der Waals surface area contributed by atoms with Crippen LogP contribution >= 0.6 is 11.6 Å². The van der Waals surface area contributed by atoms with Gasteiger partial charge in [-0.1, -0.05) is 26.7 Å². The number of alkyl halides is 1. The molecule has 2 atom stereocenters. The zero-order chi connectivity index (χ0) is 9.40. The van der Waals surface area contributed by atoms with Crippen molar-refractivity contribution >= 4 is 11.6 Å². The SMILES string of the molecule is CCCC(Cl)CNC(C)CCC. The van der Waals surface area contributed by atoms with Gasteiger partial charge < -0.3 is 5.32 Å². The zero-order valence-electron chi connectivity index (χ0n) is 8.57. The highest BCUT2D eigenvalue weighted by Crippen LogP contribution is 2.04. The lowest BCUT2D eigenvalue weighted by Gasteiger charge is -2.15. The van der Waals surface area contributed by atoms with Crippen molar-refractivity contribution in [3.8, 4) is 0 Å². The Bertz CT molecular complexity index is 83.8. The van der Waals surface area contributed by atoms with Crippen LogP contribution in [0.1, 0.15) is 46.5 Å². The summed E-state index contributed by atoms with van der Waals surface area (Å²) < 4.78 is 0. The number of nitrogens with one attached hydrogen (secondary N) is 1. The summed E-state index contributed by atoms with van der Waals surface area (Å²) in [6.07, 6.45) is 4.79. The minimum Gasteiger partial charge on any atom is -0.313 e. The van der Waals surface area contributed by atoms with Crippen LogP contribution in [-0.2, 0) is 0 Å². The van der Waals surface area contributed by atoms with Crippen molar-refractivity contribution in [3.63, 3.8) is 0 Å². The number of rotatable bonds is 7. The average Bonchev–Trinajstić information content (AvgIpc) is 2.02. The Morgan fingerprint density at radius 1 is 1.17 bits per heavy atom. The number of halogens is 1. The first-order chi connectivity index (χ1) is 5.70. The summed E-state index contributed by atoms with van der Waals surface area (Å²) in [6.45, 7) is 7.56. The second-order valence-electron chi connectivity index (χ2n) is 3.48. The molecule has 74 valence electrons. The third-order valence-electron chi connectivity index (χ3n) is 2.01. The first-order valence-corrected chi connectivity index (χ1v) is 5.51. The molecule has 0 amide bonds. The van der Waals surface area contributed by atoms with E-state index < -0.39 is 0 Å². The van der Waals surface area contributed by atoms with Gasteiger partial charge in [-0.05, 0) is 19.8 Å². The van der Waals surface area contributed by atoms with Gasteiger partial charge in [0.2, 0.25) is 0 Å². The van der Waals surface area contributed by atoms with Crippen LogP contribution in [0.3, 0.4) is 0 Å². The van der Waals surface area contributed by atoms with E-state index in [4.69, 9.17) is 11.6 Å². The molecule has 0 saturated carbocycles. The van der Waals surface area contributed by atoms with Crippen molar-refractivity contribution in [3.05, 3.63) is 0 Å². The van der Waals surface area contributed by atoms with E-state index in [9.17, 15) is 0 Å². The molecular formula is C10H22ClN. The molecule has 0 saturated heterocycles. The monoisotopic (exact) mass is 191 g/mol. The molecule has 1 N–H and O–H groups in total. The maximum absolute atomic E-state index is 6.06. The molecule has 0 aliphatic carbocycles. The van der Waals surface area contributed by atoms with Crippen LogP contribution < -0.4 is 5.32 Å². The van der Waals surface area contributed by atoms with E-state index in [1.165, 1.54) is 19.3 Å². The van der Waals surface area contributed by atoms with Gasteiger partial charge >= 0.3 is 0 Å². The Balaban J connectivity index is 3.27. The second-order valence-corrected chi connectivity index (χ2v) is 4.10. The van der Waals surface area contributed by atoms with Crippen molar-refractivity contribution in [1.82, 2.24) is 5.32 Å². The third kappa shape index (κ3) is 6.93. The lowest BCUT2D eigenvalue weighted by atomic mass is 10.2. The van der Waals surface area contributed by atoms with Crippen LogP contribution in [0, 0.1) is 0 Å². The fourth-order valence-electron chi connectivity index (χ4n) is 1.28. The normalized spacial score (nSPS) is 16.0. The highest BCUT2D eigenvalue weighted by atomic mass is 35.5. The largest absolute Gasteiger partial charge is 0.313 e. The third-order valence-corrected chi connectivity index (χ3v) is 2.38. The lowest BCUT2D eigenvalue weighted by molar-refractivity contribution is 0.497. The van der Waals surface area contributed by atoms with Gasteiger partial charge in [-0.25, -0.2) is 0 Å². The molecule has 1 nitrogen and oxygen atoms in total. The molecule has 0 aromatic carbocycles. The molecular weight excluding hydrogens is 170 g/mol. The fourth-order valence-corrected chi connectivity index (χ4v) is 1.59. The summed E-state index contributed by atoms with van der Waals surface area (Å²) in [5.41, 5.74) is 0. The van der Waals surface area contributed by atoms with Gasteiger partial charge in [0.15, 0.2) is 0 Å². The van der Waals surface area contributed by atoms with Crippen LogP contribution in [0.2, 0.25) is 0 Å². The molecule has 0 spiro atoms. The van der Waals surface area contributed by atoms with Gasteiger partial charge in [0.05, 0.1) is 0 Å². The van der Waals surface area contributed by atoms with Crippen molar-refractivity contribution in [2.45, 2.75) is 57.9 Å². The Kier molecular flexibility index (Phi) is 8.04. The first kappa shape index (κ1) is 12.2. The second kappa shape index (κ2) is 7.88. The van der Waals surface area contributed by atoms with Gasteiger partial charge in [0.25, 0.3) is 0 Å². The fraction of sp³-hybridized carbons (Fsp3) is 1.00. The van der Waals surface area contributed by atoms with E-state index in [2.05, 4.69) is 26.1 Å². The van der Waals surface area contributed by atoms with Crippen LogP contribution in [0.4, 0.5) is 0 Å². The van der Waals surface area contributed by atoms with E-state index >= 15 is 0 Å². The molecule has 0 rings (SSSR count). The Morgan fingerprint density at radius 3 is 2.25 bits per heavy atom. The van der Waals surface area contributed by atoms with Crippen LogP contribution in [-0.4, -0.2) is 18.0 Å². The summed E-state index contributed by atoms with van der Waals surface area (Å²) in [6, 6.07) is 0.619. The molecule has 0 aliphatic rings. The molecule has 2 unspecified atom stereocenters. The summed E-state index contributed by atoms with van der Waals surface area (Å²) >= 11 is 6.06. The molecule has 2 heteroatoms. The van der Waals surface area contributed by atoms with Crippen molar-refractivity contribution in [2.75, 3.05) is 6.54 Å². The smallest absolute Gasteiger partial charge is 0.0460 e. The van der Waals surface area contributed by atoms with Gasteiger partial charge in [-0.3, -0.25) is 0 Å². The molecule has 0 aromatic heterocycles. The minimum absolute atomic E-state index is 0.314. The predicted octanol–water partition coefficient (Wildman–Crippen LogP) is 3.17. The van der Waals surface area contributed by atoms with E-state index in [0.29, 0.717) is 11.4 Å². The number of hydrogen-bond acceptors (Lipinski definition) is 1. The molecule has 0 fully saturated rings. The topological polar surface area (TPSA) is 12.0 Å². The van der Waals surface area contributed by atoms with Crippen molar-refractivity contribution < 1.29 is 0 Å². The molecule has 0 radical (unpaired) electrons. The van der Waals surface area contributed by atoms with Gasteiger partial charge in [0, 0.05) is 18.0 Å². The summed E-state index contributed by atoms with van der Waals surface area (Å²) in [7, 11) is 0. The summed E-state index contributed by atoms with van der Waals surface area (Å²) in [5, 5.41) is 3.75. The zero-order valence-corrected chi connectivity index (χ0v) is 9.32. The lowest BCUT2D eigenvalue weighted by Crippen LogP contribution is -2.31. The van der Waals surface area contributed by atoms with E-state index in [0.717, 1.165) is 13.0 Å². The standard InChI is InChI=1S/C10H22ClN/c1-4-6-9(3)12-8-10(11)7-5-2/h9-10,12H,4-8H2,1-3H3. The van der Waals surface area contributed by atoms with Crippen LogP contribution in [0.15, 0.2) is 0 Å². The van der Waals surface area contributed by atoms with Crippen molar-refractivity contribution in [2.24, 2.45) is 0 Å². The van der Waals surface area contributed by atoms with Gasteiger partial charge in [-0.15, -0.1) is 11.6 Å². The summed E-state index contributed by atoms with van der Waals surface area (Å²) in [4.78, 5) is 0. The van der Waals surface area contributed by atoms with Gasteiger partial charge in [0.1, 0.15) is 0 Å². The van der Waals surface area contributed by atoms with E-state index in [-0.39, 0.29) is 0 Å². The predicted molar refractivity (Wildman–Crippen MR) is 56.9 cm³/mol. The minimum atomic E-state index is 0.314. The van der Waals surface area contributed by atoms with Crippen molar-refractivity contribution in [1.29, 1.82) is 0 Å². The first-order valence-electron chi connectivity index (χ1n) is 5.08. The Hall–Kier alpha value is 0.250. The highest BCUT2D eigenvalue weighted by Gasteiger charge is 2.04. The molecule has 0 bridgehead atoms. The Labute approximate surface area is 81.9 Å². The summed E-state index contributed by atoms with van der Waals surface area (Å²) in [5.74, 6) is 0. The molecule has 0 heterocycles. The number of hydrogen-bond donors (Lipinski definition) is 1. The average molecular weight is 192 g/mol. The molecule has 12 heavy (non-hydrogen) atoms. The van der Waals surface area contributed by atoms with Crippen LogP contribution in [0.5, 0.6) is 0 Å². The molecule has 0 aromatic rings. The highest BCUT2D eigenvalue weighted by molar-refractivity contribution is 6.20. The quantitative estimate of drug-likeness (QED) is 0.610. The van der Waals surface area contributed by atoms with Crippen LogP contribution in [0.25, 0.3) is 0 Å². The Morgan fingerprint density at radius 2 is 1.75 bits per heavy atom. The van der Waals surface area contributed by atoms with E-state index in [1.807, 2.05) is 0 Å². The van der Waals surface area contributed by atoms with Gasteiger partial charge in [-0.2, -0.15) is 0 Å².